The normalized spacial score (nSPS) is 10.7. The quantitative estimate of drug-likeness (QED) is 0.730. The minimum absolute atomic E-state index is 0.427. The highest BCUT2D eigenvalue weighted by Gasteiger charge is 2.11. The molecule has 6 heteroatoms. The van der Waals surface area contributed by atoms with Crippen molar-refractivity contribution in [2.24, 2.45) is 0 Å². The Balaban J connectivity index is 2.03. The zero-order valence-corrected chi connectivity index (χ0v) is 12.4. The number of aromatic nitrogens is 3. The summed E-state index contributed by atoms with van der Waals surface area (Å²) in [6.45, 7) is 2.51. The lowest BCUT2D eigenvalue weighted by atomic mass is 10.3. The van der Waals surface area contributed by atoms with Gasteiger partial charge in [0, 0.05) is 18.6 Å². The van der Waals surface area contributed by atoms with Crippen molar-refractivity contribution in [1.29, 1.82) is 0 Å². The number of benzene rings is 1. The van der Waals surface area contributed by atoms with Crippen LogP contribution in [0.2, 0.25) is 0 Å². The highest BCUT2D eigenvalue weighted by atomic mass is 79.9. The molecule has 0 N–H and O–H groups in total. The molecule has 1 aromatic carbocycles. The van der Waals surface area contributed by atoms with Crippen LogP contribution in [0.15, 0.2) is 47.5 Å². The van der Waals surface area contributed by atoms with Crippen molar-refractivity contribution in [3.63, 3.8) is 0 Å². The Labute approximate surface area is 124 Å². The first kappa shape index (κ1) is 12.9. The molecule has 0 spiro atoms. The maximum Gasteiger partial charge on any atom is 0.265 e. The minimum atomic E-state index is 0.427. The molecule has 0 aliphatic rings. The monoisotopic (exact) mass is 333 g/mol. The zero-order chi connectivity index (χ0) is 13.9. The molecule has 3 rings (SSSR count). The van der Waals surface area contributed by atoms with Crippen molar-refractivity contribution in [3.05, 3.63) is 47.5 Å². The summed E-state index contributed by atoms with van der Waals surface area (Å²) in [6, 6.07) is 7.49. The van der Waals surface area contributed by atoms with E-state index < -0.39 is 0 Å². The van der Waals surface area contributed by atoms with Crippen LogP contribution in [-0.2, 0) is 0 Å². The summed E-state index contributed by atoms with van der Waals surface area (Å²) in [5, 5.41) is 0. The van der Waals surface area contributed by atoms with Gasteiger partial charge in [0.05, 0.1) is 6.61 Å². The first-order valence-corrected chi connectivity index (χ1v) is 6.96. The predicted octanol–water partition coefficient (Wildman–Crippen LogP) is 3.68. The molecule has 5 nitrogen and oxygen atoms in total. The number of rotatable bonds is 4. The molecule has 0 saturated carbocycles. The van der Waals surface area contributed by atoms with Gasteiger partial charge in [0.2, 0.25) is 5.65 Å². The van der Waals surface area contributed by atoms with Crippen LogP contribution in [0.5, 0.6) is 17.4 Å². The van der Waals surface area contributed by atoms with E-state index >= 15 is 0 Å². The number of para-hydroxylation sites is 2. The summed E-state index contributed by atoms with van der Waals surface area (Å²) in [5.41, 5.74) is 0.652. The van der Waals surface area contributed by atoms with Gasteiger partial charge in [-0.05, 0) is 35.0 Å². The average molecular weight is 334 g/mol. The van der Waals surface area contributed by atoms with Crippen molar-refractivity contribution < 1.29 is 9.47 Å². The van der Waals surface area contributed by atoms with E-state index in [1.54, 1.807) is 6.20 Å². The molecule has 0 atom stereocenters. The Morgan fingerprint density at radius 3 is 2.85 bits per heavy atom. The summed E-state index contributed by atoms with van der Waals surface area (Å²) in [6.07, 6.45) is 5.36. The van der Waals surface area contributed by atoms with Crippen LogP contribution in [0.4, 0.5) is 0 Å². The van der Waals surface area contributed by atoms with Crippen molar-refractivity contribution in [1.82, 2.24) is 14.4 Å². The van der Waals surface area contributed by atoms with Crippen molar-refractivity contribution in [2.45, 2.75) is 6.92 Å². The number of halogens is 1. The van der Waals surface area contributed by atoms with Gasteiger partial charge in [-0.3, -0.25) is 4.40 Å². The Bertz CT molecular complexity index is 742. The van der Waals surface area contributed by atoms with Crippen molar-refractivity contribution in [3.8, 4) is 17.4 Å². The maximum absolute atomic E-state index is 5.87. The summed E-state index contributed by atoms with van der Waals surface area (Å²) >= 11 is 3.36. The molecular formula is C14H12BrN3O2. The molecule has 102 valence electrons. The van der Waals surface area contributed by atoms with Crippen LogP contribution in [0, 0.1) is 0 Å². The van der Waals surface area contributed by atoms with Crippen LogP contribution in [0.3, 0.4) is 0 Å². The van der Waals surface area contributed by atoms with E-state index in [0.29, 0.717) is 34.2 Å². The Hall–Kier alpha value is -2.08. The highest BCUT2D eigenvalue weighted by Crippen LogP contribution is 2.32. The number of ether oxygens (including phenoxy) is 2. The highest BCUT2D eigenvalue weighted by molar-refractivity contribution is 9.10. The van der Waals surface area contributed by atoms with Crippen LogP contribution >= 0.6 is 15.9 Å². The van der Waals surface area contributed by atoms with Gasteiger partial charge in [0.15, 0.2) is 11.5 Å². The van der Waals surface area contributed by atoms with Gasteiger partial charge in [-0.1, -0.05) is 12.1 Å². The van der Waals surface area contributed by atoms with E-state index in [4.69, 9.17) is 9.47 Å². The Kier molecular flexibility index (Phi) is 3.56. The van der Waals surface area contributed by atoms with Crippen molar-refractivity contribution in [2.75, 3.05) is 6.61 Å². The average Bonchev–Trinajstić information content (AvgIpc) is 2.89. The first-order chi connectivity index (χ1) is 9.78. The third kappa shape index (κ3) is 2.46. The number of hydrogen-bond donors (Lipinski definition) is 0. The number of fused-ring (bicyclic) bond motifs is 1. The summed E-state index contributed by atoms with van der Waals surface area (Å²) in [7, 11) is 0. The lowest BCUT2D eigenvalue weighted by Gasteiger charge is -2.11. The van der Waals surface area contributed by atoms with E-state index in [2.05, 4.69) is 25.9 Å². The van der Waals surface area contributed by atoms with Crippen molar-refractivity contribution >= 4 is 21.6 Å². The second kappa shape index (κ2) is 5.50. The minimum Gasteiger partial charge on any atom is -0.490 e. The van der Waals surface area contributed by atoms with E-state index in [1.807, 2.05) is 48.0 Å². The van der Waals surface area contributed by atoms with Crippen LogP contribution in [0.25, 0.3) is 5.65 Å². The second-order valence-corrected chi connectivity index (χ2v) is 4.82. The molecule has 2 heterocycles. The van der Waals surface area contributed by atoms with E-state index in [0.717, 1.165) is 0 Å². The SMILES string of the molecule is CCOc1ccccc1Oc1nc(Br)cn2ccnc12. The molecule has 0 radical (unpaired) electrons. The maximum atomic E-state index is 5.87. The molecule has 20 heavy (non-hydrogen) atoms. The smallest absolute Gasteiger partial charge is 0.265 e. The fraction of sp³-hybridized carbons (Fsp3) is 0.143. The van der Waals surface area contributed by atoms with Gasteiger partial charge < -0.3 is 9.47 Å². The summed E-state index contributed by atoms with van der Waals surface area (Å²) in [4.78, 5) is 8.57. The third-order valence-electron chi connectivity index (χ3n) is 2.67. The summed E-state index contributed by atoms with van der Waals surface area (Å²) < 4.78 is 13.9. The number of imidazole rings is 1. The molecule has 0 aliphatic heterocycles. The molecule has 0 amide bonds. The molecule has 3 aromatic rings. The van der Waals surface area contributed by atoms with Gasteiger partial charge in [-0.15, -0.1) is 0 Å². The molecule has 2 aromatic heterocycles. The van der Waals surface area contributed by atoms with Gasteiger partial charge in [0.25, 0.3) is 5.88 Å². The molecule has 0 saturated heterocycles. The fourth-order valence-electron chi connectivity index (χ4n) is 1.86. The van der Waals surface area contributed by atoms with E-state index in [-0.39, 0.29) is 0 Å². The first-order valence-electron chi connectivity index (χ1n) is 6.17. The van der Waals surface area contributed by atoms with E-state index in [9.17, 15) is 0 Å². The molecular weight excluding hydrogens is 322 g/mol. The largest absolute Gasteiger partial charge is 0.490 e. The second-order valence-electron chi connectivity index (χ2n) is 4.01. The topological polar surface area (TPSA) is 48.7 Å². The molecule has 0 fully saturated rings. The predicted molar refractivity (Wildman–Crippen MR) is 78.4 cm³/mol. The fourth-order valence-corrected chi connectivity index (χ4v) is 2.24. The molecule has 0 bridgehead atoms. The Morgan fingerprint density at radius 2 is 2.05 bits per heavy atom. The van der Waals surface area contributed by atoms with Crippen LogP contribution < -0.4 is 9.47 Å². The van der Waals surface area contributed by atoms with Crippen LogP contribution in [0.1, 0.15) is 6.92 Å². The van der Waals surface area contributed by atoms with Gasteiger partial charge in [-0.2, -0.15) is 0 Å². The molecule has 0 unspecified atom stereocenters. The zero-order valence-electron chi connectivity index (χ0n) is 10.8. The Morgan fingerprint density at radius 1 is 1.25 bits per heavy atom. The lowest BCUT2D eigenvalue weighted by molar-refractivity contribution is 0.319. The summed E-state index contributed by atoms with van der Waals surface area (Å²) in [5.74, 6) is 1.72. The van der Waals surface area contributed by atoms with Crippen LogP contribution in [-0.4, -0.2) is 21.0 Å². The van der Waals surface area contributed by atoms with Gasteiger partial charge in [-0.25, -0.2) is 9.97 Å². The third-order valence-corrected chi connectivity index (χ3v) is 3.05. The standard InChI is InChI=1S/C14H12BrN3O2/c1-2-19-10-5-3-4-6-11(10)20-14-13-16-7-8-18(13)9-12(15)17-14/h3-9H,2H2,1H3. The van der Waals surface area contributed by atoms with Gasteiger partial charge in [0.1, 0.15) is 4.60 Å². The number of hydrogen-bond acceptors (Lipinski definition) is 4. The van der Waals surface area contributed by atoms with E-state index in [1.165, 1.54) is 0 Å². The number of nitrogens with zero attached hydrogens (tertiary/aromatic N) is 3. The van der Waals surface area contributed by atoms with Gasteiger partial charge >= 0.3 is 0 Å². The lowest BCUT2D eigenvalue weighted by Crippen LogP contribution is -1.98. The molecule has 0 aliphatic carbocycles.